The van der Waals surface area contributed by atoms with Crippen LogP contribution >= 0.6 is 0 Å². The Hall–Kier alpha value is -3.55. The van der Waals surface area contributed by atoms with Crippen LogP contribution in [0.5, 0.6) is 11.5 Å². The van der Waals surface area contributed by atoms with Gasteiger partial charge in [-0.2, -0.15) is 0 Å². The summed E-state index contributed by atoms with van der Waals surface area (Å²) in [7, 11) is 3.19. The first kappa shape index (κ1) is 22.6. The second-order valence-electron chi connectivity index (χ2n) is 8.33. The first-order valence-corrected chi connectivity index (χ1v) is 11.2. The topological polar surface area (TPSA) is 88.2 Å². The minimum absolute atomic E-state index is 0.0163. The maximum Gasteiger partial charge on any atom is 0.251 e. The molecule has 8 heteroatoms. The second kappa shape index (κ2) is 9.94. The van der Waals surface area contributed by atoms with Crippen molar-refractivity contribution >= 4 is 17.7 Å². The summed E-state index contributed by atoms with van der Waals surface area (Å²) >= 11 is 0. The van der Waals surface area contributed by atoms with Crippen molar-refractivity contribution in [3.8, 4) is 11.5 Å². The number of hydrogen-bond acceptors (Lipinski definition) is 5. The number of amides is 3. The molecule has 0 bridgehead atoms. The number of hydrogen-bond donors (Lipinski definition) is 1. The summed E-state index contributed by atoms with van der Waals surface area (Å²) in [6.45, 7) is 1.65. The Morgan fingerprint density at radius 2 is 1.76 bits per heavy atom. The van der Waals surface area contributed by atoms with Crippen LogP contribution in [0.1, 0.15) is 34.3 Å². The van der Waals surface area contributed by atoms with Crippen LogP contribution in [0.2, 0.25) is 0 Å². The Balaban J connectivity index is 1.29. The summed E-state index contributed by atoms with van der Waals surface area (Å²) in [5.74, 6) is 1.20. The van der Waals surface area contributed by atoms with E-state index in [-0.39, 0.29) is 30.3 Å². The van der Waals surface area contributed by atoms with Crippen LogP contribution < -0.4 is 14.8 Å². The molecular weight excluding hydrogens is 422 g/mol. The van der Waals surface area contributed by atoms with Crippen LogP contribution in [-0.2, 0) is 22.6 Å². The smallest absolute Gasteiger partial charge is 0.251 e. The van der Waals surface area contributed by atoms with Gasteiger partial charge in [-0.1, -0.05) is 18.2 Å². The Bertz CT molecular complexity index is 1040. The third-order valence-electron chi connectivity index (χ3n) is 6.23. The van der Waals surface area contributed by atoms with Gasteiger partial charge in [0.2, 0.25) is 11.8 Å². The highest BCUT2D eigenvalue weighted by Crippen LogP contribution is 2.27. The van der Waals surface area contributed by atoms with Crippen LogP contribution in [0.15, 0.2) is 42.5 Å². The largest absolute Gasteiger partial charge is 0.493 e. The van der Waals surface area contributed by atoms with Crippen molar-refractivity contribution < 1.29 is 23.9 Å². The van der Waals surface area contributed by atoms with Crippen molar-refractivity contribution in [2.24, 2.45) is 0 Å². The SMILES string of the molecule is COc1ccc(CCNC(=O)c2ccc(CN3CC(=O)N4CCCC4C3=O)cc2)cc1OC. The molecule has 4 rings (SSSR count). The fourth-order valence-electron chi connectivity index (χ4n) is 4.44. The van der Waals surface area contributed by atoms with Crippen molar-refractivity contribution in [2.75, 3.05) is 33.9 Å². The number of nitrogens with zero attached hydrogens (tertiary/aromatic N) is 2. The molecule has 1 N–H and O–H groups in total. The molecule has 0 aliphatic carbocycles. The summed E-state index contributed by atoms with van der Waals surface area (Å²) in [5.41, 5.74) is 2.48. The molecule has 2 aromatic rings. The Morgan fingerprint density at radius 3 is 2.48 bits per heavy atom. The fraction of sp³-hybridized carbons (Fsp3) is 0.400. The van der Waals surface area contributed by atoms with Crippen molar-refractivity contribution in [1.29, 1.82) is 0 Å². The van der Waals surface area contributed by atoms with Gasteiger partial charge < -0.3 is 24.6 Å². The molecule has 1 atom stereocenters. The van der Waals surface area contributed by atoms with E-state index in [2.05, 4.69) is 5.32 Å². The molecule has 2 aromatic carbocycles. The van der Waals surface area contributed by atoms with Gasteiger partial charge in [0.15, 0.2) is 11.5 Å². The van der Waals surface area contributed by atoms with E-state index in [0.717, 1.165) is 24.0 Å². The molecule has 3 amide bonds. The standard InChI is InChI=1S/C25H29N3O5/c1-32-21-10-7-17(14-22(21)33-2)11-12-26-24(30)19-8-5-18(6-9-19)15-27-16-23(29)28-13-3-4-20(28)25(27)31/h5-10,14,20H,3-4,11-13,15-16H2,1-2H3,(H,26,30). The van der Waals surface area contributed by atoms with E-state index in [4.69, 9.17) is 9.47 Å². The lowest BCUT2D eigenvalue weighted by Crippen LogP contribution is -2.56. The van der Waals surface area contributed by atoms with E-state index in [0.29, 0.717) is 43.1 Å². The number of benzene rings is 2. The Labute approximate surface area is 193 Å². The van der Waals surface area contributed by atoms with Gasteiger partial charge >= 0.3 is 0 Å². The molecule has 2 aliphatic heterocycles. The number of rotatable bonds is 8. The summed E-state index contributed by atoms with van der Waals surface area (Å²) in [5, 5.41) is 2.93. The van der Waals surface area contributed by atoms with Crippen LogP contribution in [0.4, 0.5) is 0 Å². The number of nitrogens with one attached hydrogen (secondary N) is 1. The summed E-state index contributed by atoms with van der Waals surface area (Å²) in [6.07, 6.45) is 2.28. The molecule has 0 radical (unpaired) electrons. The molecule has 0 aromatic heterocycles. The van der Waals surface area contributed by atoms with Gasteiger partial charge in [0.1, 0.15) is 12.6 Å². The number of piperazine rings is 1. The van der Waals surface area contributed by atoms with E-state index in [1.54, 1.807) is 36.2 Å². The highest BCUT2D eigenvalue weighted by atomic mass is 16.5. The first-order chi connectivity index (χ1) is 16.0. The minimum atomic E-state index is -0.304. The monoisotopic (exact) mass is 451 g/mol. The number of carbonyl (C=O) groups is 3. The quantitative estimate of drug-likeness (QED) is 0.663. The first-order valence-electron chi connectivity index (χ1n) is 11.2. The van der Waals surface area contributed by atoms with Crippen LogP contribution in [0, 0.1) is 0 Å². The zero-order valence-electron chi connectivity index (χ0n) is 19.0. The van der Waals surface area contributed by atoms with E-state index >= 15 is 0 Å². The molecule has 2 fully saturated rings. The van der Waals surface area contributed by atoms with Crippen molar-refractivity contribution in [1.82, 2.24) is 15.1 Å². The molecule has 2 saturated heterocycles. The van der Waals surface area contributed by atoms with E-state index < -0.39 is 0 Å². The lowest BCUT2D eigenvalue weighted by Gasteiger charge is -2.36. The van der Waals surface area contributed by atoms with E-state index in [1.807, 2.05) is 30.3 Å². The molecule has 0 spiro atoms. The van der Waals surface area contributed by atoms with Gasteiger partial charge in [-0.25, -0.2) is 0 Å². The van der Waals surface area contributed by atoms with Crippen molar-refractivity contribution in [3.63, 3.8) is 0 Å². The summed E-state index contributed by atoms with van der Waals surface area (Å²) in [4.78, 5) is 40.8. The fourth-order valence-corrected chi connectivity index (χ4v) is 4.44. The summed E-state index contributed by atoms with van der Waals surface area (Å²) in [6, 6.07) is 12.6. The number of carbonyl (C=O) groups excluding carboxylic acids is 3. The van der Waals surface area contributed by atoms with Gasteiger partial charge in [-0.05, 0) is 54.7 Å². The molecule has 1 unspecified atom stereocenters. The zero-order chi connectivity index (χ0) is 23.4. The number of methoxy groups -OCH3 is 2. The number of fused-ring (bicyclic) bond motifs is 1. The van der Waals surface area contributed by atoms with E-state index in [9.17, 15) is 14.4 Å². The van der Waals surface area contributed by atoms with E-state index in [1.165, 1.54) is 0 Å². The lowest BCUT2D eigenvalue weighted by molar-refractivity contribution is -0.154. The van der Waals surface area contributed by atoms with Crippen molar-refractivity contribution in [3.05, 3.63) is 59.2 Å². The summed E-state index contributed by atoms with van der Waals surface area (Å²) < 4.78 is 10.6. The molecule has 0 saturated carbocycles. The Kier molecular flexibility index (Phi) is 6.82. The zero-order valence-corrected chi connectivity index (χ0v) is 19.0. The molecule has 33 heavy (non-hydrogen) atoms. The van der Waals surface area contributed by atoms with Crippen molar-refractivity contribution in [2.45, 2.75) is 31.8 Å². The molecule has 8 nitrogen and oxygen atoms in total. The maximum absolute atomic E-state index is 12.7. The average Bonchev–Trinajstić information content (AvgIpc) is 3.33. The van der Waals surface area contributed by atoms with Gasteiger partial charge in [0, 0.05) is 25.2 Å². The van der Waals surface area contributed by atoms with Gasteiger partial charge in [0.25, 0.3) is 5.91 Å². The molecule has 2 heterocycles. The van der Waals surface area contributed by atoms with Crippen LogP contribution in [0.25, 0.3) is 0 Å². The normalized spacial score (nSPS) is 17.7. The third-order valence-corrected chi connectivity index (χ3v) is 6.23. The highest BCUT2D eigenvalue weighted by molar-refractivity contribution is 5.95. The maximum atomic E-state index is 12.7. The van der Waals surface area contributed by atoms with Gasteiger partial charge in [-0.3, -0.25) is 14.4 Å². The van der Waals surface area contributed by atoms with Gasteiger partial charge in [0.05, 0.1) is 14.2 Å². The highest BCUT2D eigenvalue weighted by Gasteiger charge is 2.41. The van der Waals surface area contributed by atoms with Crippen LogP contribution in [-0.4, -0.2) is 67.4 Å². The lowest BCUT2D eigenvalue weighted by atomic mass is 10.1. The molecular formula is C25H29N3O5. The predicted octanol–water partition coefficient (Wildman–Crippen LogP) is 2.01. The van der Waals surface area contributed by atoms with Gasteiger partial charge in [-0.15, -0.1) is 0 Å². The molecule has 2 aliphatic rings. The number of ether oxygens (including phenoxy) is 2. The predicted molar refractivity (Wildman–Crippen MR) is 122 cm³/mol. The minimum Gasteiger partial charge on any atom is -0.493 e. The third kappa shape index (κ3) is 4.94. The molecule has 174 valence electrons. The second-order valence-corrected chi connectivity index (χ2v) is 8.33. The van der Waals surface area contributed by atoms with Crippen LogP contribution in [0.3, 0.4) is 0 Å². The average molecular weight is 452 g/mol. The Morgan fingerprint density at radius 1 is 1.03 bits per heavy atom.